The summed E-state index contributed by atoms with van der Waals surface area (Å²) in [4.78, 5) is 7.12. The Morgan fingerprint density at radius 1 is 1.47 bits per heavy atom. The van der Waals surface area contributed by atoms with Crippen molar-refractivity contribution in [2.45, 2.75) is 0 Å². The molecule has 0 unspecified atom stereocenters. The summed E-state index contributed by atoms with van der Waals surface area (Å²) in [6.07, 6.45) is 1.72. The van der Waals surface area contributed by atoms with Gasteiger partial charge < -0.3 is 9.72 Å². The van der Waals surface area contributed by atoms with Crippen molar-refractivity contribution < 1.29 is 4.74 Å². The molecule has 0 atom stereocenters. The Balaban J connectivity index is 2.55. The van der Waals surface area contributed by atoms with E-state index in [-0.39, 0.29) is 0 Å². The van der Waals surface area contributed by atoms with Gasteiger partial charge in [0.25, 0.3) is 0 Å². The zero-order valence-electron chi connectivity index (χ0n) is 7.92. The lowest BCUT2D eigenvalue weighted by Gasteiger charge is -2.06. The monoisotopic (exact) mass is 286 g/mol. The first-order chi connectivity index (χ1) is 7.20. The molecule has 0 bridgehead atoms. The van der Waals surface area contributed by atoms with Gasteiger partial charge in [-0.15, -0.1) is 0 Å². The van der Waals surface area contributed by atoms with Gasteiger partial charge in [0.05, 0.1) is 19.0 Å². The van der Waals surface area contributed by atoms with Crippen molar-refractivity contribution in [1.82, 2.24) is 9.97 Å². The van der Waals surface area contributed by atoms with Gasteiger partial charge in [0.15, 0.2) is 4.73 Å². The number of nitrogens with zero attached hydrogens (tertiary/aromatic N) is 1. The topological polar surface area (TPSA) is 37.9 Å². The van der Waals surface area contributed by atoms with Crippen molar-refractivity contribution in [1.29, 1.82) is 0 Å². The molecule has 0 aliphatic rings. The highest BCUT2D eigenvalue weighted by molar-refractivity contribution is 9.10. The number of hydrogen-bond donors (Lipinski definition) is 1. The third-order valence-electron chi connectivity index (χ3n) is 2.00. The Bertz CT molecular complexity index is 484. The van der Waals surface area contributed by atoms with Crippen molar-refractivity contribution >= 4 is 27.5 Å². The highest BCUT2D eigenvalue weighted by Gasteiger charge is 2.08. The molecular formula is C10H8BrClN2O. The molecule has 15 heavy (non-hydrogen) atoms. The number of methoxy groups -OCH3 is 1. The normalized spacial score (nSPS) is 10.3. The summed E-state index contributed by atoms with van der Waals surface area (Å²) in [7, 11) is 1.62. The maximum Gasteiger partial charge on any atom is 0.174 e. The number of halogens is 2. The standard InChI is InChI=1S/C10H8BrClN2O/c1-15-9-3-2-6(12)4-7(9)8-5-13-10(11)14-8/h2-5H,1H3,(H,13,14). The second-order valence-corrected chi connectivity index (χ2v) is 4.12. The number of H-pyrrole nitrogens is 1. The minimum atomic E-state index is 0.663. The summed E-state index contributed by atoms with van der Waals surface area (Å²) in [6.45, 7) is 0. The molecule has 0 saturated carbocycles. The molecule has 0 aliphatic carbocycles. The number of ether oxygens (including phenoxy) is 1. The number of aromatic amines is 1. The number of hydrogen-bond acceptors (Lipinski definition) is 2. The molecule has 1 N–H and O–H groups in total. The van der Waals surface area contributed by atoms with Crippen LogP contribution in [0.15, 0.2) is 29.1 Å². The molecule has 2 rings (SSSR count). The van der Waals surface area contributed by atoms with E-state index in [1.807, 2.05) is 12.1 Å². The lowest BCUT2D eigenvalue weighted by atomic mass is 10.1. The summed E-state index contributed by atoms with van der Waals surface area (Å²) >= 11 is 9.18. The zero-order valence-corrected chi connectivity index (χ0v) is 10.3. The molecule has 1 heterocycles. The first-order valence-corrected chi connectivity index (χ1v) is 5.42. The maximum atomic E-state index is 5.93. The van der Waals surface area contributed by atoms with E-state index in [0.717, 1.165) is 17.0 Å². The molecule has 1 aromatic carbocycles. The number of benzene rings is 1. The van der Waals surface area contributed by atoms with Crippen molar-refractivity contribution in [3.8, 4) is 17.0 Å². The Morgan fingerprint density at radius 2 is 2.27 bits per heavy atom. The summed E-state index contributed by atoms with van der Waals surface area (Å²) in [6, 6.07) is 5.45. The lowest BCUT2D eigenvalue weighted by Crippen LogP contribution is -1.87. The first-order valence-electron chi connectivity index (χ1n) is 4.25. The van der Waals surface area contributed by atoms with Crippen molar-refractivity contribution in [2.24, 2.45) is 0 Å². The minimum Gasteiger partial charge on any atom is -0.496 e. The highest BCUT2D eigenvalue weighted by Crippen LogP contribution is 2.31. The molecule has 5 heteroatoms. The SMILES string of the molecule is COc1ccc(Cl)cc1-c1cnc(Br)[nH]1. The molecule has 0 radical (unpaired) electrons. The molecule has 0 amide bonds. The van der Waals surface area contributed by atoms with Crippen LogP contribution in [0.1, 0.15) is 0 Å². The fourth-order valence-corrected chi connectivity index (χ4v) is 1.81. The van der Waals surface area contributed by atoms with E-state index in [1.165, 1.54) is 0 Å². The van der Waals surface area contributed by atoms with Gasteiger partial charge in [0, 0.05) is 10.6 Å². The van der Waals surface area contributed by atoms with Gasteiger partial charge in [0.2, 0.25) is 0 Å². The predicted octanol–water partition coefficient (Wildman–Crippen LogP) is 3.50. The van der Waals surface area contributed by atoms with Crippen LogP contribution in [0.4, 0.5) is 0 Å². The van der Waals surface area contributed by atoms with Gasteiger partial charge in [-0.25, -0.2) is 4.98 Å². The van der Waals surface area contributed by atoms with Crippen LogP contribution in [0, 0.1) is 0 Å². The van der Waals surface area contributed by atoms with E-state index in [9.17, 15) is 0 Å². The molecule has 0 saturated heterocycles. The largest absolute Gasteiger partial charge is 0.496 e. The molecule has 3 nitrogen and oxygen atoms in total. The van der Waals surface area contributed by atoms with Gasteiger partial charge in [0.1, 0.15) is 5.75 Å². The first kappa shape index (κ1) is 10.5. The lowest BCUT2D eigenvalue weighted by molar-refractivity contribution is 0.416. The quantitative estimate of drug-likeness (QED) is 0.918. The summed E-state index contributed by atoms with van der Waals surface area (Å²) in [5.41, 5.74) is 1.75. The van der Waals surface area contributed by atoms with Gasteiger partial charge in [-0.3, -0.25) is 0 Å². The minimum absolute atomic E-state index is 0.663. The summed E-state index contributed by atoms with van der Waals surface area (Å²) < 4.78 is 5.92. The van der Waals surface area contributed by atoms with Crippen LogP contribution >= 0.6 is 27.5 Å². The Hall–Kier alpha value is -1.00. The molecular weight excluding hydrogens is 279 g/mol. The molecule has 0 spiro atoms. The van der Waals surface area contributed by atoms with Crippen LogP contribution in [0.3, 0.4) is 0 Å². The molecule has 78 valence electrons. The smallest absolute Gasteiger partial charge is 0.174 e. The average Bonchev–Trinajstić information content (AvgIpc) is 2.65. The Kier molecular flexibility index (Phi) is 2.98. The Morgan fingerprint density at radius 3 is 2.87 bits per heavy atom. The van der Waals surface area contributed by atoms with E-state index in [4.69, 9.17) is 16.3 Å². The van der Waals surface area contributed by atoms with Crippen molar-refractivity contribution in [2.75, 3.05) is 7.11 Å². The van der Waals surface area contributed by atoms with Crippen LogP contribution < -0.4 is 4.74 Å². The Labute approximate surface area is 101 Å². The van der Waals surface area contributed by atoms with E-state index in [1.54, 1.807) is 19.4 Å². The molecule has 1 aromatic heterocycles. The predicted molar refractivity (Wildman–Crippen MR) is 63.3 cm³/mol. The summed E-state index contributed by atoms with van der Waals surface area (Å²) in [5.74, 6) is 0.760. The fraction of sp³-hybridized carbons (Fsp3) is 0.100. The van der Waals surface area contributed by atoms with Gasteiger partial charge in [-0.1, -0.05) is 11.6 Å². The molecule has 0 aliphatic heterocycles. The van der Waals surface area contributed by atoms with Gasteiger partial charge >= 0.3 is 0 Å². The maximum absolute atomic E-state index is 5.93. The number of nitrogens with one attached hydrogen (secondary N) is 1. The second kappa shape index (κ2) is 4.24. The fourth-order valence-electron chi connectivity index (χ4n) is 1.32. The van der Waals surface area contributed by atoms with Crippen molar-refractivity contribution in [3.63, 3.8) is 0 Å². The van der Waals surface area contributed by atoms with E-state index < -0.39 is 0 Å². The van der Waals surface area contributed by atoms with E-state index in [0.29, 0.717) is 9.76 Å². The molecule has 0 fully saturated rings. The van der Waals surface area contributed by atoms with Crippen LogP contribution in [0.25, 0.3) is 11.3 Å². The number of aromatic nitrogens is 2. The summed E-state index contributed by atoms with van der Waals surface area (Å²) in [5, 5.41) is 0.663. The zero-order chi connectivity index (χ0) is 10.8. The van der Waals surface area contributed by atoms with E-state index >= 15 is 0 Å². The molecule has 2 aromatic rings. The second-order valence-electron chi connectivity index (χ2n) is 2.93. The third kappa shape index (κ3) is 2.16. The van der Waals surface area contributed by atoms with Crippen molar-refractivity contribution in [3.05, 3.63) is 34.2 Å². The van der Waals surface area contributed by atoms with Crippen LogP contribution in [0.5, 0.6) is 5.75 Å². The van der Waals surface area contributed by atoms with Gasteiger partial charge in [-0.2, -0.15) is 0 Å². The van der Waals surface area contributed by atoms with Crippen LogP contribution in [-0.2, 0) is 0 Å². The van der Waals surface area contributed by atoms with Crippen LogP contribution in [-0.4, -0.2) is 17.1 Å². The average molecular weight is 288 g/mol. The van der Waals surface area contributed by atoms with E-state index in [2.05, 4.69) is 25.9 Å². The van der Waals surface area contributed by atoms with Gasteiger partial charge in [-0.05, 0) is 34.1 Å². The number of rotatable bonds is 2. The third-order valence-corrected chi connectivity index (χ3v) is 2.63. The highest BCUT2D eigenvalue weighted by atomic mass is 79.9. The van der Waals surface area contributed by atoms with Crippen LogP contribution in [0.2, 0.25) is 5.02 Å². The number of imidazole rings is 1.